The van der Waals surface area contributed by atoms with E-state index in [0.717, 1.165) is 0 Å². The van der Waals surface area contributed by atoms with Crippen LogP contribution >= 0.6 is 18.5 Å². The molecule has 0 aliphatic rings. The van der Waals surface area contributed by atoms with Crippen molar-refractivity contribution in [3.63, 3.8) is 0 Å². The summed E-state index contributed by atoms with van der Waals surface area (Å²) in [5, 5.41) is 9.97. The van der Waals surface area contributed by atoms with Gasteiger partial charge in [-0.1, -0.05) is 48.9 Å². The van der Waals surface area contributed by atoms with E-state index >= 15 is 0 Å². The summed E-state index contributed by atoms with van der Waals surface area (Å²) >= 11 is 2.10. The fourth-order valence-corrected chi connectivity index (χ4v) is 5.12. The van der Waals surface area contributed by atoms with E-state index in [-0.39, 0.29) is 12.7 Å². The van der Waals surface area contributed by atoms with Crippen molar-refractivity contribution in [1.82, 2.24) is 0 Å². The van der Waals surface area contributed by atoms with Crippen LogP contribution in [0.5, 0.6) is 0 Å². The third-order valence-corrected chi connectivity index (χ3v) is 7.53. The fourth-order valence-electron chi connectivity index (χ4n) is 1.76. The fraction of sp³-hybridized carbons (Fsp3) is 0.263. The average molecular weight is 362 g/mol. The van der Waals surface area contributed by atoms with E-state index in [9.17, 15) is 9.59 Å². The molecule has 0 fully saturated rings. The zero-order chi connectivity index (χ0) is 17.9. The zero-order valence-electron chi connectivity index (χ0n) is 14.2. The van der Waals surface area contributed by atoms with E-state index in [0.29, 0.717) is 11.8 Å². The number of carboxylic acid groups (broad SMARTS) is 1. The van der Waals surface area contributed by atoms with Crippen LogP contribution in [-0.2, 0) is 0 Å². The van der Waals surface area contributed by atoms with E-state index in [4.69, 9.17) is 5.11 Å². The Morgan fingerprint density at radius 1 is 1.12 bits per heavy atom. The Morgan fingerprint density at radius 3 is 2.17 bits per heavy atom. The number of carbonyl (C=O) groups is 2. The van der Waals surface area contributed by atoms with Crippen LogP contribution in [-0.4, -0.2) is 29.8 Å². The zero-order valence-corrected chi connectivity index (χ0v) is 15.9. The van der Waals surface area contributed by atoms with Crippen LogP contribution in [0.1, 0.15) is 39.6 Å². The molecular weight excluding hydrogens is 339 g/mol. The standard InChI is InChI=1S/C11H17PS.C8H6O3/c1-4-9-13-12(3)11-7-5-10(2)6-8-11;9-5-6-1-3-7(4-2-6)8(10)11/h5-8H,4,9H2,1-3H3;1-5H,(H,10,11). The quantitative estimate of drug-likeness (QED) is 0.581. The van der Waals surface area contributed by atoms with Gasteiger partial charge in [-0.05, 0) is 50.3 Å². The number of carbonyl (C=O) groups excluding carboxylic acids is 1. The number of aldehydes is 1. The minimum atomic E-state index is -0.984. The van der Waals surface area contributed by atoms with Crippen molar-refractivity contribution in [1.29, 1.82) is 0 Å². The van der Waals surface area contributed by atoms with Crippen LogP contribution in [0.15, 0.2) is 48.5 Å². The summed E-state index contributed by atoms with van der Waals surface area (Å²) < 4.78 is 0. The molecule has 3 nitrogen and oxygen atoms in total. The van der Waals surface area contributed by atoms with E-state index in [1.54, 1.807) is 0 Å². The van der Waals surface area contributed by atoms with Crippen molar-refractivity contribution >= 4 is 36.1 Å². The highest BCUT2D eigenvalue weighted by molar-refractivity contribution is 8.57. The van der Waals surface area contributed by atoms with Gasteiger partial charge in [0, 0.05) is 5.56 Å². The minimum Gasteiger partial charge on any atom is -0.478 e. The second-order valence-electron chi connectivity index (χ2n) is 5.21. The maximum atomic E-state index is 10.3. The lowest BCUT2D eigenvalue weighted by atomic mass is 10.1. The number of carboxylic acids is 1. The molecule has 1 N–H and O–H groups in total. The highest BCUT2D eigenvalue weighted by atomic mass is 32.7. The number of benzene rings is 2. The number of aryl methyl sites for hydroxylation is 1. The third kappa shape index (κ3) is 7.29. The summed E-state index contributed by atoms with van der Waals surface area (Å²) in [6, 6.07) is 14.7. The maximum absolute atomic E-state index is 10.3. The highest BCUT2D eigenvalue weighted by Crippen LogP contribution is 2.44. The molecule has 2 rings (SSSR count). The molecule has 128 valence electrons. The molecular formula is C19H23O3PS. The smallest absolute Gasteiger partial charge is 0.335 e. The van der Waals surface area contributed by atoms with E-state index in [2.05, 4.69) is 56.2 Å². The lowest BCUT2D eigenvalue weighted by Crippen LogP contribution is -1.96. The Labute approximate surface area is 149 Å². The number of hydrogen-bond acceptors (Lipinski definition) is 3. The molecule has 5 heteroatoms. The number of aromatic carboxylic acids is 1. The van der Waals surface area contributed by atoms with Gasteiger partial charge < -0.3 is 5.11 Å². The van der Waals surface area contributed by atoms with Gasteiger partial charge in [0.25, 0.3) is 0 Å². The van der Waals surface area contributed by atoms with Crippen molar-refractivity contribution < 1.29 is 14.7 Å². The van der Waals surface area contributed by atoms with Crippen molar-refractivity contribution in [2.45, 2.75) is 20.3 Å². The third-order valence-electron chi connectivity index (χ3n) is 3.18. The second-order valence-corrected chi connectivity index (χ2v) is 9.81. The van der Waals surface area contributed by atoms with Gasteiger partial charge in [-0.15, -0.1) is 11.4 Å². The number of rotatable bonds is 6. The molecule has 0 radical (unpaired) electrons. The van der Waals surface area contributed by atoms with Gasteiger partial charge in [-0.2, -0.15) is 0 Å². The first-order chi connectivity index (χ1) is 11.5. The van der Waals surface area contributed by atoms with Crippen molar-refractivity contribution in [3.8, 4) is 0 Å². The Hall–Kier alpha value is -1.64. The van der Waals surface area contributed by atoms with E-state index < -0.39 is 5.97 Å². The predicted octanol–water partition coefficient (Wildman–Crippen LogP) is 4.99. The predicted molar refractivity (Wildman–Crippen MR) is 105 cm³/mol. The molecule has 2 aromatic carbocycles. The Balaban J connectivity index is 0.000000243. The van der Waals surface area contributed by atoms with E-state index in [1.165, 1.54) is 47.3 Å². The Bertz CT molecular complexity index is 639. The molecule has 0 bridgehead atoms. The lowest BCUT2D eigenvalue weighted by Gasteiger charge is -2.10. The first-order valence-electron chi connectivity index (χ1n) is 7.69. The second kappa shape index (κ2) is 11.0. The molecule has 2 aromatic rings. The maximum Gasteiger partial charge on any atom is 0.335 e. The van der Waals surface area contributed by atoms with Crippen molar-refractivity contribution in [3.05, 3.63) is 65.2 Å². The number of hydrogen-bond donors (Lipinski definition) is 1. The van der Waals surface area contributed by atoms with Gasteiger partial charge in [0.15, 0.2) is 0 Å². The lowest BCUT2D eigenvalue weighted by molar-refractivity contribution is 0.0696. The van der Waals surface area contributed by atoms with E-state index in [1.807, 2.05) is 0 Å². The van der Waals surface area contributed by atoms with Crippen LogP contribution in [0.3, 0.4) is 0 Å². The van der Waals surface area contributed by atoms with Crippen molar-refractivity contribution in [2.75, 3.05) is 12.4 Å². The monoisotopic (exact) mass is 362 g/mol. The van der Waals surface area contributed by atoms with Crippen LogP contribution in [0.2, 0.25) is 0 Å². The van der Waals surface area contributed by atoms with Gasteiger partial charge in [-0.3, -0.25) is 4.79 Å². The first kappa shape index (κ1) is 20.4. The van der Waals surface area contributed by atoms with Crippen LogP contribution < -0.4 is 5.30 Å². The summed E-state index contributed by atoms with van der Waals surface area (Å²) in [5.74, 6) is 0.304. The molecule has 24 heavy (non-hydrogen) atoms. The summed E-state index contributed by atoms with van der Waals surface area (Å²) in [4.78, 5) is 20.5. The topological polar surface area (TPSA) is 54.4 Å². The summed E-state index contributed by atoms with van der Waals surface area (Å²) in [6.45, 7) is 6.73. The molecule has 0 aromatic heterocycles. The summed E-state index contributed by atoms with van der Waals surface area (Å²) in [6.07, 6.45) is 1.95. The SMILES string of the molecule is CCCSP(C)c1ccc(C)cc1.O=Cc1ccc(C(=O)O)cc1. The van der Waals surface area contributed by atoms with Gasteiger partial charge in [0.05, 0.1) is 5.56 Å². The van der Waals surface area contributed by atoms with Gasteiger partial charge in [-0.25, -0.2) is 4.79 Å². The highest BCUT2D eigenvalue weighted by Gasteiger charge is 2.03. The largest absolute Gasteiger partial charge is 0.478 e. The molecule has 1 atom stereocenters. The van der Waals surface area contributed by atoms with Crippen molar-refractivity contribution in [2.24, 2.45) is 0 Å². The van der Waals surface area contributed by atoms with Gasteiger partial charge >= 0.3 is 5.97 Å². The molecule has 0 heterocycles. The molecule has 0 spiro atoms. The van der Waals surface area contributed by atoms with Gasteiger partial charge in [0.2, 0.25) is 0 Å². The Kier molecular flexibility index (Phi) is 9.36. The molecule has 1 unspecified atom stereocenters. The summed E-state index contributed by atoms with van der Waals surface area (Å²) in [7, 11) is 0.0227. The average Bonchev–Trinajstić information content (AvgIpc) is 2.61. The molecule has 0 saturated heterocycles. The van der Waals surface area contributed by atoms with Gasteiger partial charge in [0.1, 0.15) is 6.29 Å². The minimum absolute atomic E-state index is 0.0227. The normalized spacial score (nSPS) is 11.1. The summed E-state index contributed by atoms with van der Waals surface area (Å²) in [5.41, 5.74) is 2.03. The first-order valence-corrected chi connectivity index (χ1v) is 11.1. The van der Waals surface area contributed by atoms with Crippen LogP contribution in [0.25, 0.3) is 0 Å². The Morgan fingerprint density at radius 2 is 1.71 bits per heavy atom. The molecule has 0 aliphatic heterocycles. The molecule has 0 saturated carbocycles. The van der Waals surface area contributed by atoms with Crippen LogP contribution in [0, 0.1) is 6.92 Å². The molecule has 0 amide bonds. The molecule has 0 aliphatic carbocycles. The van der Waals surface area contributed by atoms with Crippen LogP contribution in [0.4, 0.5) is 0 Å².